The first-order chi connectivity index (χ1) is 14.8. The molecule has 1 amide bonds. The third-order valence-corrected chi connectivity index (χ3v) is 6.77. The summed E-state index contributed by atoms with van der Waals surface area (Å²) in [5, 5.41) is 0. The van der Waals surface area contributed by atoms with Crippen LogP contribution < -0.4 is 4.90 Å². The molecule has 30 heavy (non-hydrogen) atoms. The minimum absolute atomic E-state index is 0.270. The molecular weight excluding hydrogens is 396 g/mol. The van der Waals surface area contributed by atoms with Crippen molar-refractivity contribution in [1.29, 1.82) is 0 Å². The summed E-state index contributed by atoms with van der Waals surface area (Å²) in [5.74, 6) is 0.904. The number of para-hydroxylation sites is 1. The van der Waals surface area contributed by atoms with Gasteiger partial charge in [-0.25, -0.2) is 4.79 Å². The molecule has 1 fully saturated rings. The topological polar surface area (TPSA) is 42.0 Å². The van der Waals surface area contributed by atoms with Crippen LogP contribution in [0, 0.1) is 0 Å². The first kappa shape index (κ1) is 21.2. The number of piperidine rings is 1. The van der Waals surface area contributed by atoms with Crippen molar-refractivity contribution in [2.24, 2.45) is 0 Å². The minimum Gasteiger partial charge on any atom is -0.447 e. The zero-order valence-electron chi connectivity index (χ0n) is 17.4. The van der Waals surface area contributed by atoms with Crippen molar-refractivity contribution in [2.75, 3.05) is 44.4 Å². The van der Waals surface area contributed by atoms with Crippen molar-refractivity contribution in [3.63, 3.8) is 0 Å². The lowest BCUT2D eigenvalue weighted by Gasteiger charge is -2.28. The molecule has 1 saturated heterocycles. The molecule has 0 atom stereocenters. The summed E-state index contributed by atoms with van der Waals surface area (Å²) < 4.78 is 11.3. The van der Waals surface area contributed by atoms with Crippen molar-refractivity contribution in [1.82, 2.24) is 4.90 Å². The molecule has 0 bridgehead atoms. The number of hydrogen-bond acceptors (Lipinski definition) is 5. The van der Waals surface area contributed by atoms with E-state index in [4.69, 9.17) is 9.47 Å². The van der Waals surface area contributed by atoms with E-state index in [1.165, 1.54) is 37.9 Å². The van der Waals surface area contributed by atoms with Gasteiger partial charge >= 0.3 is 6.09 Å². The quantitative estimate of drug-likeness (QED) is 0.612. The first-order valence-electron chi connectivity index (χ1n) is 10.8. The van der Waals surface area contributed by atoms with Gasteiger partial charge in [-0.1, -0.05) is 42.8 Å². The van der Waals surface area contributed by atoms with E-state index in [1.807, 2.05) is 24.3 Å². The lowest BCUT2D eigenvalue weighted by molar-refractivity contribution is 0.0592. The van der Waals surface area contributed by atoms with Gasteiger partial charge in [0.15, 0.2) is 0 Å². The van der Waals surface area contributed by atoms with Gasteiger partial charge in [-0.15, -0.1) is 11.8 Å². The Hall–Kier alpha value is -2.02. The summed E-state index contributed by atoms with van der Waals surface area (Å²) >= 11 is 1.76. The molecule has 0 radical (unpaired) electrons. The normalized spacial score (nSPS) is 16.9. The Bertz CT molecular complexity index is 839. The number of fused-ring (bicyclic) bond motifs is 2. The van der Waals surface area contributed by atoms with Gasteiger partial charge < -0.3 is 14.4 Å². The fraction of sp³-hybridized carbons (Fsp3) is 0.458. The van der Waals surface area contributed by atoms with Crippen molar-refractivity contribution in [3.8, 4) is 0 Å². The monoisotopic (exact) mass is 426 g/mol. The predicted molar refractivity (Wildman–Crippen MR) is 121 cm³/mol. The summed E-state index contributed by atoms with van der Waals surface area (Å²) in [6, 6.07) is 16.3. The maximum atomic E-state index is 12.9. The Labute approximate surface area is 183 Å². The number of carbonyl (C=O) groups excluding carboxylic acids is 1. The number of hydrogen-bond donors (Lipinski definition) is 0. The molecule has 0 spiro atoms. The molecule has 160 valence electrons. The van der Waals surface area contributed by atoms with Crippen LogP contribution in [0.2, 0.25) is 0 Å². The molecule has 0 aromatic heterocycles. The molecule has 0 N–H and O–H groups in total. The van der Waals surface area contributed by atoms with E-state index in [0.717, 1.165) is 28.4 Å². The second-order valence-corrected chi connectivity index (χ2v) is 8.76. The van der Waals surface area contributed by atoms with E-state index in [-0.39, 0.29) is 12.7 Å². The molecular formula is C24H30N2O3S. The van der Waals surface area contributed by atoms with Gasteiger partial charge in [0.25, 0.3) is 0 Å². The standard InChI is InChI=1S/C24H30N2O3S/c27-24(29-17-16-28-15-14-25-12-6-1-7-13-25)26-18-20-8-2-3-9-21(20)19-30-23-11-5-4-10-22(23)26/h2-5,8-11H,1,6-7,12-19H2. The Morgan fingerprint density at radius 3 is 2.53 bits per heavy atom. The van der Waals surface area contributed by atoms with Crippen molar-refractivity contribution >= 4 is 23.5 Å². The second-order valence-electron chi connectivity index (χ2n) is 7.74. The number of carbonyl (C=O) groups is 1. The van der Waals surface area contributed by atoms with Crippen LogP contribution in [0.4, 0.5) is 10.5 Å². The molecule has 0 unspecified atom stereocenters. The van der Waals surface area contributed by atoms with Crippen LogP contribution in [0.3, 0.4) is 0 Å². The van der Waals surface area contributed by atoms with Crippen molar-refractivity contribution in [3.05, 3.63) is 59.7 Å². The molecule has 2 aliphatic rings. The summed E-state index contributed by atoms with van der Waals surface area (Å²) in [6.07, 6.45) is 3.60. The molecule has 0 saturated carbocycles. The Morgan fingerprint density at radius 1 is 0.900 bits per heavy atom. The van der Waals surface area contributed by atoms with Crippen LogP contribution in [0.1, 0.15) is 30.4 Å². The lowest BCUT2D eigenvalue weighted by atomic mass is 10.1. The van der Waals surface area contributed by atoms with E-state index >= 15 is 0 Å². The Morgan fingerprint density at radius 2 is 1.67 bits per heavy atom. The number of benzene rings is 2. The lowest BCUT2D eigenvalue weighted by Crippen LogP contribution is -2.34. The molecule has 0 aliphatic carbocycles. The maximum absolute atomic E-state index is 12.9. The molecule has 4 rings (SSSR count). The van der Waals surface area contributed by atoms with Crippen LogP contribution in [0.25, 0.3) is 0 Å². The highest BCUT2D eigenvalue weighted by molar-refractivity contribution is 7.98. The fourth-order valence-electron chi connectivity index (χ4n) is 3.97. The molecule has 2 aromatic rings. The van der Waals surface area contributed by atoms with E-state index in [1.54, 1.807) is 16.7 Å². The molecule has 2 aliphatic heterocycles. The highest BCUT2D eigenvalue weighted by atomic mass is 32.2. The van der Waals surface area contributed by atoms with Crippen LogP contribution in [0.15, 0.2) is 53.4 Å². The van der Waals surface area contributed by atoms with Crippen molar-refractivity contribution in [2.45, 2.75) is 36.5 Å². The van der Waals surface area contributed by atoms with E-state index in [2.05, 4.69) is 29.2 Å². The molecule has 2 aromatic carbocycles. The number of amides is 1. The highest BCUT2D eigenvalue weighted by Crippen LogP contribution is 2.36. The van der Waals surface area contributed by atoms with E-state index < -0.39 is 0 Å². The largest absolute Gasteiger partial charge is 0.447 e. The van der Waals surface area contributed by atoms with Gasteiger partial charge in [0.1, 0.15) is 6.61 Å². The van der Waals surface area contributed by atoms with Crippen molar-refractivity contribution < 1.29 is 14.3 Å². The van der Waals surface area contributed by atoms with E-state index in [0.29, 0.717) is 19.8 Å². The smallest absolute Gasteiger partial charge is 0.414 e. The predicted octanol–water partition coefficient (Wildman–Crippen LogP) is 4.94. The maximum Gasteiger partial charge on any atom is 0.414 e. The van der Waals surface area contributed by atoms with Gasteiger partial charge in [-0.05, 0) is 49.2 Å². The highest BCUT2D eigenvalue weighted by Gasteiger charge is 2.24. The minimum atomic E-state index is -0.320. The zero-order chi connectivity index (χ0) is 20.6. The Kier molecular flexibility index (Phi) is 7.67. The van der Waals surface area contributed by atoms with E-state index in [9.17, 15) is 4.79 Å². The van der Waals surface area contributed by atoms with Gasteiger partial charge in [0, 0.05) is 17.2 Å². The summed E-state index contributed by atoms with van der Waals surface area (Å²) in [5.41, 5.74) is 3.33. The SMILES string of the molecule is O=C(OCCOCCN1CCCCC1)N1Cc2ccccc2CSc2ccccc21. The zero-order valence-corrected chi connectivity index (χ0v) is 18.2. The summed E-state index contributed by atoms with van der Waals surface area (Å²) in [7, 11) is 0. The summed E-state index contributed by atoms with van der Waals surface area (Å²) in [4.78, 5) is 18.2. The Balaban J connectivity index is 1.31. The average molecular weight is 427 g/mol. The number of rotatable bonds is 6. The molecule has 6 heteroatoms. The third kappa shape index (κ3) is 5.56. The van der Waals surface area contributed by atoms with Crippen LogP contribution >= 0.6 is 11.8 Å². The molecule has 5 nitrogen and oxygen atoms in total. The van der Waals surface area contributed by atoms with Gasteiger partial charge in [-0.3, -0.25) is 4.90 Å². The van der Waals surface area contributed by atoms with Gasteiger partial charge in [0.2, 0.25) is 0 Å². The summed E-state index contributed by atoms with van der Waals surface area (Å²) in [6.45, 7) is 5.21. The van der Waals surface area contributed by atoms with Gasteiger partial charge in [0.05, 0.1) is 25.4 Å². The second kappa shape index (κ2) is 10.8. The number of likely N-dealkylation sites (tertiary alicyclic amines) is 1. The van der Waals surface area contributed by atoms with Gasteiger partial charge in [-0.2, -0.15) is 0 Å². The number of nitrogens with zero attached hydrogens (tertiary/aromatic N) is 2. The number of ether oxygens (including phenoxy) is 2. The third-order valence-electron chi connectivity index (χ3n) is 5.66. The average Bonchev–Trinajstić information content (AvgIpc) is 2.78. The molecule has 2 heterocycles. The number of anilines is 1. The van der Waals surface area contributed by atoms with Crippen LogP contribution in [0.5, 0.6) is 0 Å². The fourth-order valence-corrected chi connectivity index (χ4v) is 5.07. The number of thioether (sulfide) groups is 1. The van der Waals surface area contributed by atoms with Crippen LogP contribution in [-0.4, -0.2) is 50.4 Å². The first-order valence-corrected chi connectivity index (χ1v) is 11.8. The van der Waals surface area contributed by atoms with Crippen LogP contribution in [-0.2, 0) is 21.8 Å².